The number of hydrogen-bond acceptors (Lipinski definition) is 8. The molecule has 1 aliphatic heterocycles. The highest BCUT2D eigenvalue weighted by molar-refractivity contribution is 5.95. The molecule has 0 bridgehead atoms. The predicted molar refractivity (Wildman–Crippen MR) is 118 cm³/mol. The molecule has 13 heteroatoms. The summed E-state index contributed by atoms with van der Waals surface area (Å²) in [4.78, 5) is 22.8. The molecule has 2 N–H and O–H groups in total. The first-order valence-electron chi connectivity index (χ1n) is 10.6. The van der Waals surface area contributed by atoms with Crippen LogP contribution in [-0.2, 0) is 13.2 Å². The Kier molecular flexibility index (Phi) is 5.06. The van der Waals surface area contributed by atoms with Gasteiger partial charge in [0.05, 0.1) is 7.11 Å². The molecule has 0 amide bonds. The van der Waals surface area contributed by atoms with Gasteiger partial charge in [-0.05, 0) is 25.0 Å². The van der Waals surface area contributed by atoms with E-state index in [4.69, 9.17) is 15.5 Å². The number of rotatable bonds is 3. The molecule has 4 aromatic rings. The van der Waals surface area contributed by atoms with Crippen molar-refractivity contribution >= 4 is 28.3 Å². The average Bonchev–Trinajstić information content (AvgIpc) is 3.26. The highest BCUT2D eigenvalue weighted by Crippen LogP contribution is 2.33. The standard InChI is InChI=1S/C21H21F3N8O2/c1-30-19(33)13(21(22,23)24)9-15(28-30)31-8-4-5-11(10-31)17-27-18-12-6-3-7-14(34-2)16(12)26-20(25)32(18)29-17/h3,6-7,9,11H,4-5,8,10H2,1-2H3,(H2,25,26)/t11-/m1/s1. The maximum absolute atomic E-state index is 13.3. The van der Waals surface area contributed by atoms with Gasteiger partial charge in [0.25, 0.3) is 5.56 Å². The zero-order chi connectivity index (χ0) is 24.2. The summed E-state index contributed by atoms with van der Waals surface area (Å²) >= 11 is 0. The Morgan fingerprint density at radius 3 is 2.74 bits per heavy atom. The number of nitrogens with two attached hydrogens (primary N) is 1. The van der Waals surface area contributed by atoms with Crippen LogP contribution in [0.5, 0.6) is 5.75 Å². The number of piperidine rings is 1. The number of aryl methyl sites for hydroxylation is 1. The smallest absolute Gasteiger partial charge is 0.421 e. The van der Waals surface area contributed by atoms with Crippen LogP contribution in [0.15, 0.2) is 29.1 Å². The summed E-state index contributed by atoms with van der Waals surface area (Å²) in [5, 5.41) is 9.33. The van der Waals surface area contributed by atoms with Crippen molar-refractivity contribution in [2.75, 3.05) is 30.8 Å². The minimum Gasteiger partial charge on any atom is -0.494 e. The van der Waals surface area contributed by atoms with Crippen LogP contribution in [0.25, 0.3) is 16.6 Å². The van der Waals surface area contributed by atoms with Gasteiger partial charge < -0.3 is 15.4 Å². The van der Waals surface area contributed by atoms with Crippen molar-refractivity contribution in [3.05, 3.63) is 46.0 Å². The van der Waals surface area contributed by atoms with Crippen molar-refractivity contribution in [1.82, 2.24) is 29.4 Å². The maximum Gasteiger partial charge on any atom is 0.421 e. The molecule has 3 aromatic heterocycles. The second-order valence-corrected chi connectivity index (χ2v) is 8.16. The second kappa shape index (κ2) is 7.85. The molecular formula is C21H21F3N8O2. The van der Waals surface area contributed by atoms with Crippen molar-refractivity contribution in [3.8, 4) is 5.75 Å². The van der Waals surface area contributed by atoms with Crippen LogP contribution in [0, 0.1) is 0 Å². The first kappa shape index (κ1) is 21.9. The fourth-order valence-corrected chi connectivity index (χ4v) is 4.33. The van der Waals surface area contributed by atoms with Crippen LogP contribution in [-0.4, -0.2) is 49.6 Å². The number of alkyl halides is 3. The van der Waals surface area contributed by atoms with Gasteiger partial charge in [0.2, 0.25) is 5.95 Å². The molecule has 4 heterocycles. The SMILES string of the molecule is COc1cccc2c1nc(N)n1nc([C@@H]3CCCN(c4cc(C(F)(F)F)c(=O)n(C)n4)C3)nc21. The van der Waals surface area contributed by atoms with Crippen molar-refractivity contribution < 1.29 is 17.9 Å². The Labute approximate surface area is 190 Å². The van der Waals surface area contributed by atoms with Crippen molar-refractivity contribution in [3.63, 3.8) is 0 Å². The van der Waals surface area contributed by atoms with E-state index < -0.39 is 17.3 Å². The number of hydrogen-bond donors (Lipinski definition) is 1. The van der Waals surface area contributed by atoms with E-state index in [0.29, 0.717) is 42.2 Å². The third-order valence-electron chi connectivity index (χ3n) is 5.99. The molecule has 0 radical (unpaired) electrons. The zero-order valence-electron chi connectivity index (χ0n) is 18.4. The fraction of sp³-hybridized carbons (Fsp3) is 0.381. The van der Waals surface area contributed by atoms with E-state index in [9.17, 15) is 18.0 Å². The lowest BCUT2D eigenvalue weighted by atomic mass is 9.97. The molecular weight excluding hydrogens is 453 g/mol. The largest absolute Gasteiger partial charge is 0.494 e. The molecule has 0 saturated carbocycles. The van der Waals surface area contributed by atoms with Gasteiger partial charge in [0.1, 0.15) is 22.6 Å². The second-order valence-electron chi connectivity index (χ2n) is 8.16. The molecule has 0 unspecified atom stereocenters. The highest BCUT2D eigenvalue weighted by atomic mass is 19.4. The first-order valence-corrected chi connectivity index (χ1v) is 10.6. The Hall–Kier alpha value is -3.90. The number of fused-ring (bicyclic) bond motifs is 3. The minimum atomic E-state index is -4.77. The molecule has 1 aromatic carbocycles. The number of methoxy groups -OCH3 is 1. The van der Waals surface area contributed by atoms with E-state index in [2.05, 4.69) is 15.2 Å². The molecule has 10 nitrogen and oxygen atoms in total. The summed E-state index contributed by atoms with van der Waals surface area (Å²) in [5.74, 6) is 1.12. The number of benzene rings is 1. The normalized spacial score (nSPS) is 17.0. The van der Waals surface area contributed by atoms with Gasteiger partial charge in [0.15, 0.2) is 11.5 Å². The van der Waals surface area contributed by atoms with Gasteiger partial charge in [0, 0.05) is 37.5 Å². The maximum atomic E-state index is 13.3. The quantitative estimate of drug-likeness (QED) is 0.481. The molecule has 1 atom stereocenters. The highest BCUT2D eigenvalue weighted by Gasteiger charge is 2.36. The van der Waals surface area contributed by atoms with Crippen molar-refractivity contribution in [2.24, 2.45) is 7.05 Å². The molecule has 34 heavy (non-hydrogen) atoms. The number of anilines is 2. The van der Waals surface area contributed by atoms with Crippen molar-refractivity contribution in [2.45, 2.75) is 24.9 Å². The third kappa shape index (κ3) is 3.56. The molecule has 1 saturated heterocycles. The Morgan fingerprint density at radius 2 is 2.00 bits per heavy atom. The van der Waals surface area contributed by atoms with Gasteiger partial charge >= 0.3 is 6.18 Å². The van der Waals surface area contributed by atoms with E-state index in [0.717, 1.165) is 22.6 Å². The lowest BCUT2D eigenvalue weighted by molar-refractivity contribution is -0.139. The van der Waals surface area contributed by atoms with Crippen LogP contribution in [0.4, 0.5) is 24.9 Å². The van der Waals surface area contributed by atoms with Crippen LogP contribution < -0.4 is 20.9 Å². The van der Waals surface area contributed by atoms with Crippen LogP contribution in [0.2, 0.25) is 0 Å². The summed E-state index contributed by atoms with van der Waals surface area (Å²) in [7, 11) is 2.75. The average molecular weight is 474 g/mol. The lowest BCUT2D eigenvalue weighted by Crippen LogP contribution is -2.38. The number of nitrogen functional groups attached to an aromatic ring is 1. The van der Waals surface area contributed by atoms with Gasteiger partial charge in [-0.25, -0.2) is 14.6 Å². The number of para-hydroxylation sites is 1. The van der Waals surface area contributed by atoms with Crippen LogP contribution >= 0.6 is 0 Å². The number of aromatic nitrogens is 6. The van der Waals surface area contributed by atoms with E-state index in [1.165, 1.54) is 11.6 Å². The Bertz CT molecular complexity index is 1460. The number of ether oxygens (including phenoxy) is 1. The summed E-state index contributed by atoms with van der Waals surface area (Å²) in [5.41, 5.74) is 4.79. The van der Waals surface area contributed by atoms with Crippen molar-refractivity contribution in [1.29, 1.82) is 0 Å². The van der Waals surface area contributed by atoms with E-state index in [-0.39, 0.29) is 17.7 Å². The topological polar surface area (TPSA) is 116 Å². The Balaban J connectivity index is 1.53. The molecule has 0 aliphatic carbocycles. The van der Waals surface area contributed by atoms with Gasteiger partial charge in [-0.15, -0.1) is 5.10 Å². The van der Waals surface area contributed by atoms with E-state index >= 15 is 0 Å². The molecule has 5 rings (SSSR count). The van der Waals surface area contributed by atoms with Gasteiger partial charge in [-0.3, -0.25) is 4.79 Å². The first-order chi connectivity index (χ1) is 16.2. The minimum absolute atomic E-state index is 0.0826. The number of nitrogens with zero attached hydrogens (tertiary/aromatic N) is 7. The summed E-state index contributed by atoms with van der Waals surface area (Å²) in [6.07, 6.45) is -3.34. The van der Waals surface area contributed by atoms with Gasteiger partial charge in [-0.2, -0.15) is 22.8 Å². The number of halogens is 3. The molecule has 178 valence electrons. The lowest BCUT2D eigenvalue weighted by Gasteiger charge is -2.32. The third-order valence-corrected chi connectivity index (χ3v) is 5.99. The predicted octanol–water partition coefficient (Wildman–Crippen LogP) is 2.36. The molecule has 0 spiro atoms. The molecule has 1 aliphatic rings. The Morgan fingerprint density at radius 1 is 1.21 bits per heavy atom. The van der Waals surface area contributed by atoms with Gasteiger partial charge in [-0.1, -0.05) is 6.07 Å². The van der Waals surface area contributed by atoms with Crippen LogP contribution in [0.3, 0.4) is 0 Å². The summed E-state index contributed by atoms with van der Waals surface area (Å²) in [6.45, 7) is 0.837. The summed E-state index contributed by atoms with van der Waals surface area (Å²) in [6, 6.07) is 6.25. The molecule has 1 fully saturated rings. The van der Waals surface area contributed by atoms with E-state index in [1.807, 2.05) is 12.1 Å². The monoisotopic (exact) mass is 474 g/mol. The fourth-order valence-electron chi connectivity index (χ4n) is 4.33. The van der Waals surface area contributed by atoms with E-state index in [1.54, 1.807) is 18.1 Å². The zero-order valence-corrected chi connectivity index (χ0v) is 18.4. The summed E-state index contributed by atoms with van der Waals surface area (Å²) < 4.78 is 47.6. The van der Waals surface area contributed by atoms with Crippen LogP contribution in [0.1, 0.15) is 30.1 Å².